The molecule has 1 heterocycles. The van der Waals surface area contributed by atoms with Crippen LogP contribution in [-0.4, -0.2) is 25.7 Å². The highest BCUT2D eigenvalue weighted by Gasteiger charge is 2.20. The second-order valence-corrected chi connectivity index (χ2v) is 5.14. The second-order valence-electron chi connectivity index (χ2n) is 5.14. The van der Waals surface area contributed by atoms with E-state index in [1.54, 1.807) is 6.07 Å². The molecule has 0 saturated carbocycles. The molecule has 3 aromatic rings. The Bertz CT molecular complexity index is 932. The zero-order valence-corrected chi connectivity index (χ0v) is 12.6. The number of nitro benzene ring substituents is 2. The average Bonchev–Trinajstić information content (AvgIpc) is 3.02. The molecule has 126 valence electrons. The van der Waals surface area contributed by atoms with Crippen molar-refractivity contribution in [1.82, 2.24) is 15.3 Å². The van der Waals surface area contributed by atoms with Crippen molar-refractivity contribution in [3.05, 3.63) is 74.1 Å². The van der Waals surface area contributed by atoms with E-state index in [1.165, 1.54) is 0 Å². The summed E-state index contributed by atoms with van der Waals surface area (Å²) in [5.41, 5.74) is 0.318. The third-order valence-electron chi connectivity index (χ3n) is 3.44. The molecule has 1 aromatic heterocycles. The predicted molar refractivity (Wildman–Crippen MR) is 87.0 cm³/mol. The molecule has 3 rings (SSSR count). The Kier molecular flexibility index (Phi) is 4.08. The number of para-hydroxylation sites is 2. The van der Waals surface area contributed by atoms with E-state index in [0.29, 0.717) is 5.82 Å². The predicted octanol–water partition coefficient (Wildman–Crippen LogP) is 2.31. The van der Waals surface area contributed by atoms with Crippen molar-refractivity contribution < 1.29 is 14.6 Å². The standard InChI is InChI=1S/C15H11N5O5/c21-15(9-5-10(19(22)23)7-11(6-9)20(24)25)16-8-14-17-12-3-1-2-4-13(12)18-14/h1-7H,8H2,(H,16,21)(H,17,18). The Hall–Kier alpha value is -3.82. The molecule has 25 heavy (non-hydrogen) atoms. The SMILES string of the molecule is O=C(NCc1nc2ccccc2[nH]1)c1cc([N+](=O)[O-])cc([N+](=O)[O-])c1. The Morgan fingerprint density at radius 2 is 1.72 bits per heavy atom. The molecule has 10 nitrogen and oxygen atoms in total. The van der Waals surface area contributed by atoms with Crippen molar-refractivity contribution >= 4 is 28.3 Å². The normalized spacial score (nSPS) is 10.6. The highest BCUT2D eigenvalue weighted by molar-refractivity contribution is 5.95. The number of H-pyrrole nitrogens is 1. The van der Waals surface area contributed by atoms with Crippen molar-refractivity contribution in [2.75, 3.05) is 0 Å². The van der Waals surface area contributed by atoms with Crippen molar-refractivity contribution in [3.8, 4) is 0 Å². The zero-order chi connectivity index (χ0) is 18.0. The van der Waals surface area contributed by atoms with Gasteiger partial charge in [0.2, 0.25) is 0 Å². The lowest BCUT2D eigenvalue weighted by molar-refractivity contribution is -0.394. The minimum atomic E-state index is -0.789. The first-order valence-corrected chi connectivity index (χ1v) is 7.10. The van der Waals surface area contributed by atoms with E-state index < -0.39 is 27.1 Å². The molecule has 1 amide bonds. The van der Waals surface area contributed by atoms with Crippen LogP contribution in [0.4, 0.5) is 11.4 Å². The fraction of sp³-hybridized carbons (Fsp3) is 0.0667. The topological polar surface area (TPSA) is 144 Å². The zero-order valence-electron chi connectivity index (χ0n) is 12.6. The lowest BCUT2D eigenvalue weighted by Crippen LogP contribution is -2.23. The van der Waals surface area contributed by atoms with E-state index in [1.807, 2.05) is 18.2 Å². The van der Waals surface area contributed by atoms with Gasteiger partial charge < -0.3 is 10.3 Å². The van der Waals surface area contributed by atoms with Gasteiger partial charge in [0.1, 0.15) is 5.82 Å². The van der Waals surface area contributed by atoms with Crippen LogP contribution in [0, 0.1) is 20.2 Å². The number of carbonyl (C=O) groups excluding carboxylic acids is 1. The monoisotopic (exact) mass is 341 g/mol. The number of amides is 1. The number of carbonyl (C=O) groups is 1. The lowest BCUT2D eigenvalue weighted by atomic mass is 10.1. The molecule has 10 heteroatoms. The Balaban J connectivity index is 1.80. The summed E-state index contributed by atoms with van der Waals surface area (Å²) in [6.07, 6.45) is 0. The van der Waals surface area contributed by atoms with Gasteiger partial charge in [0.15, 0.2) is 0 Å². The molecular formula is C15H11N5O5. The highest BCUT2D eigenvalue weighted by atomic mass is 16.6. The molecule has 0 fully saturated rings. The van der Waals surface area contributed by atoms with Crippen LogP contribution in [0.3, 0.4) is 0 Å². The van der Waals surface area contributed by atoms with Crippen LogP contribution < -0.4 is 5.32 Å². The van der Waals surface area contributed by atoms with E-state index in [4.69, 9.17) is 0 Å². The van der Waals surface area contributed by atoms with Gasteiger partial charge in [-0.05, 0) is 12.1 Å². The number of hydrogen-bond acceptors (Lipinski definition) is 6. The number of imidazole rings is 1. The summed E-state index contributed by atoms with van der Waals surface area (Å²) in [5.74, 6) is -0.179. The number of hydrogen-bond donors (Lipinski definition) is 2. The van der Waals surface area contributed by atoms with Crippen LogP contribution in [0.15, 0.2) is 42.5 Å². The number of fused-ring (bicyclic) bond motifs is 1. The number of nitrogens with one attached hydrogen (secondary N) is 2. The Morgan fingerprint density at radius 3 is 2.32 bits per heavy atom. The smallest absolute Gasteiger partial charge is 0.277 e. The molecule has 0 aliphatic carbocycles. The number of benzene rings is 2. The van der Waals surface area contributed by atoms with Gasteiger partial charge in [-0.25, -0.2) is 4.98 Å². The van der Waals surface area contributed by atoms with E-state index in [0.717, 1.165) is 29.2 Å². The third kappa shape index (κ3) is 3.42. The van der Waals surface area contributed by atoms with E-state index >= 15 is 0 Å². The third-order valence-corrected chi connectivity index (χ3v) is 3.44. The summed E-state index contributed by atoms with van der Waals surface area (Å²) in [6.45, 7) is 0.0456. The van der Waals surface area contributed by atoms with Gasteiger partial charge in [0, 0.05) is 12.1 Å². The molecule has 0 unspecified atom stereocenters. The van der Waals surface area contributed by atoms with Gasteiger partial charge >= 0.3 is 0 Å². The van der Waals surface area contributed by atoms with Crippen LogP contribution in [0.25, 0.3) is 11.0 Å². The molecule has 2 aromatic carbocycles. The quantitative estimate of drug-likeness (QED) is 0.538. The van der Waals surface area contributed by atoms with Gasteiger partial charge in [-0.3, -0.25) is 25.0 Å². The summed E-state index contributed by atoms with van der Waals surface area (Å²) in [6, 6.07) is 10.1. The first kappa shape index (κ1) is 16.1. The van der Waals surface area contributed by atoms with Gasteiger partial charge in [-0.2, -0.15) is 0 Å². The average molecular weight is 341 g/mol. The van der Waals surface area contributed by atoms with Crippen LogP contribution >= 0.6 is 0 Å². The molecule has 0 bridgehead atoms. The van der Waals surface area contributed by atoms with Crippen molar-refractivity contribution in [2.24, 2.45) is 0 Å². The maximum atomic E-state index is 12.2. The van der Waals surface area contributed by atoms with E-state index in [2.05, 4.69) is 15.3 Å². The van der Waals surface area contributed by atoms with Gasteiger partial charge in [-0.15, -0.1) is 0 Å². The summed E-state index contributed by atoms with van der Waals surface area (Å²) in [7, 11) is 0. The molecule has 0 aliphatic rings. The lowest BCUT2D eigenvalue weighted by Gasteiger charge is -2.03. The van der Waals surface area contributed by atoms with Crippen LogP contribution in [0.5, 0.6) is 0 Å². The molecule has 2 N–H and O–H groups in total. The summed E-state index contributed by atoms with van der Waals surface area (Å²) < 4.78 is 0. The van der Waals surface area contributed by atoms with Gasteiger partial charge in [0.05, 0.1) is 39.1 Å². The van der Waals surface area contributed by atoms with Gasteiger partial charge in [-0.1, -0.05) is 12.1 Å². The Labute approximate surface area is 139 Å². The number of aromatic nitrogens is 2. The molecule has 0 aliphatic heterocycles. The summed E-state index contributed by atoms with van der Waals surface area (Å²) in [5, 5.41) is 24.3. The molecule has 0 spiro atoms. The molecular weight excluding hydrogens is 330 g/mol. The first-order chi connectivity index (χ1) is 11.9. The molecule has 0 atom stereocenters. The number of rotatable bonds is 5. The molecule has 0 saturated heterocycles. The number of non-ortho nitro benzene ring substituents is 2. The highest BCUT2D eigenvalue weighted by Crippen LogP contribution is 2.22. The van der Waals surface area contributed by atoms with Crippen LogP contribution in [-0.2, 0) is 6.54 Å². The first-order valence-electron chi connectivity index (χ1n) is 7.10. The van der Waals surface area contributed by atoms with Crippen LogP contribution in [0.2, 0.25) is 0 Å². The van der Waals surface area contributed by atoms with Crippen molar-refractivity contribution in [1.29, 1.82) is 0 Å². The van der Waals surface area contributed by atoms with E-state index in [9.17, 15) is 25.0 Å². The summed E-state index contributed by atoms with van der Waals surface area (Å²) >= 11 is 0. The Morgan fingerprint density at radius 1 is 1.08 bits per heavy atom. The van der Waals surface area contributed by atoms with Gasteiger partial charge in [0.25, 0.3) is 17.3 Å². The minimum Gasteiger partial charge on any atom is -0.345 e. The molecule has 0 radical (unpaired) electrons. The van der Waals surface area contributed by atoms with E-state index in [-0.39, 0.29) is 12.1 Å². The fourth-order valence-corrected chi connectivity index (χ4v) is 2.29. The second kappa shape index (κ2) is 6.35. The maximum Gasteiger partial charge on any atom is 0.277 e. The number of nitrogens with zero attached hydrogens (tertiary/aromatic N) is 3. The maximum absolute atomic E-state index is 12.2. The van der Waals surface area contributed by atoms with Crippen molar-refractivity contribution in [2.45, 2.75) is 6.54 Å². The summed E-state index contributed by atoms with van der Waals surface area (Å²) in [4.78, 5) is 39.6. The largest absolute Gasteiger partial charge is 0.345 e. The fourth-order valence-electron chi connectivity index (χ4n) is 2.29. The minimum absolute atomic E-state index is 0.0456. The van der Waals surface area contributed by atoms with Crippen LogP contribution in [0.1, 0.15) is 16.2 Å². The van der Waals surface area contributed by atoms with Crippen molar-refractivity contribution in [3.63, 3.8) is 0 Å². The number of aromatic amines is 1. The number of nitro groups is 2.